The molecular weight excluding hydrogens is 283 g/mol. The highest BCUT2D eigenvalue weighted by Gasteiger charge is 2.14. The third-order valence-corrected chi connectivity index (χ3v) is 3.37. The van der Waals surface area contributed by atoms with E-state index in [1.54, 1.807) is 0 Å². The first-order valence-electron chi connectivity index (χ1n) is 7.20. The van der Waals surface area contributed by atoms with Crippen molar-refractivity contribution in [3.63, 3.8) is 0 Å². The van der Waals surface area contributed by atoms with Crippen LogP contribution in [0.3, 0.4) is 0 Å². The first kappa shape index (κ1) is 16.3. The van der Waals surface area contributed by atoms with Crippen molar-refractivity contribution in [2.75, 3.05) is 26.4 Å². The molecule has 6 heteroatoms. The van der Waals surface area contributed by atoms with Gasteiger partial charge in [-0.3, -0.25) is 0 Å². The van der Waals surface area contributed by atoms with Crippen LogP contribution in [0.5, 0.6) is 0 Å². The van der Waals surface area contributed by atoms with Crippen LogP contribution >= 0.6 is 0 Å². The van der Waals surface area contributed by atoms with Crippen molar-refractivity contribution in [3.8, 4) is 0 Å². The highest BCUT2D eigenvalue weighted by molar-refractivity contribution is 5.19. The molecule has 0 saturated carbocycles. The number of benzene rings is 1. The first-order chi connectivity index (χ1) is 10.2. The lowest BCUT2D eigenvalue weighted by Gasteiger charge is -2.10. The highest BCUT2D eigenvalue weighted by Crippen LogP contribution is 2.13. The molecule has 1 aliphatic heterocycles. The number of halogens is 3. The minimum atomic E-state index is -1.17. The van der Waals surface area contributed by atoms with Crippen molar-refractivity contribution in [1.29, 1.82) is 0 Å². The fraction of sp³-hybridized carbons (Fsp3) is 0.600. The molecule has 2 rings (SSSR count). The molecule has 21 heavy (non-hydrogen) atoms. The predicted octanol–water partition coefficient (Wildman–Crippen LogP) is 2.78. The fourth-order valence-corrected chi connectivity index (χ4v) is 2.21. The Labute approximate surface area is 122 Å². The lowest BCUT2D eigenvalue weighted by atomic mass is 10.2. The van der Waals surface area contributed by atoms with Gasteiger partial charge in [-0.2, -0.15) is 0 Å². The third kappa shape index (κ3) is 5.30. The van der Waals surface area contributed by atoms with Gasteiger partial charge < -0.3 is 14.8 Å². The molecule has 0 radical (unpaired) electrons. The zero-order valence-corrected chi connectivity index (χ0v) is 11.8. The minimum absolute atomic E-state index is 0.120. The van der Waals surface area contributed by atoms with Crippen LogP contribution < -0.4 is 5.32 Å². The Bertz CT molecular complexity index is 451. The molecule has 1 saturated heterocycles. The van der Waals surface area contributed by atoms with Crippen LogP contribution in [-0.2, 0) is 16.0 Å². The summed E-state index contributed by atoms with van der Waals surface area (Å²) in [5.41, 5.74) is 0.120. The van der Waals surface area contributed by atoms with Crippen molar-refractivity contribution in [2.24, 2.45) is 0 Å². The van der Waals surface area contributed by atoms with E-state index in [0.717, 1.165) is 31.9 Å². The normalized spacial score (nSPS) is 18.3. The standard InChI is InChI=1S/C15H20F3NO2/c16-13-8-15(18)14(17)7-11(13)9-19-4-2-5-20-10-12-3-1-6-21-12/h7-8,12,19H,1-6,9-10H2. The van der Waals surface area contributed by atoms with Gasteiger partial charge in [0.1, 0.15) is 5.82 Å². The maximum Gasteiger partial charge on any atom is 0.161 e. The molecule has 0 bridgehead atoms. The third-order valence-electron chi connectivity index (χ3n) is 3.37. The summed E-state index contributed by atoms with van der Waals surface area (Å²) in [6.07, 6.45) is 3.12. The van der Waals surface area contributed by atoms with E-state index in [1.165, 1.54) is 0 Å². The Hall–Kier alpha value is -1.11. The molecule has 1 unspecified atom stereocenters. The summed E-state index contributed by atoms with van der Waals surface area (Å²) < 4.78 is 50.0. The summed E-state index contributed by atoms with van der Waals surface area (Å²) in [7, 11) is 0. The molecule has 0 aliphatic carbocycles. The Balaban J connectivity index is 1.56. The number of ether oxygens (including phenoxy) is 2. The summed E-state index contributed by atoms with van der Waals surface area (Å²) in [5, 5.41) is 2.98. The minimum Gasteiger partial charge on any atom is -0.379 e. The van der Waals surface area contributed by atoms with Gasteiger partial charge >= 0.3 is 0 Å². The van der Waals surface area contributed by atoms with E-state index in [0.29, 0.717) is 25.8 Å². The quantitative estimate of drug-likeness (QED) is 0.592. The molecular formula is C15H20F3NO2. The van der Waals surface area contributed by atoms with E-state index < -0.39 is 17.5 Å². The number of nitrogens with one attached hydrogen (secondary N) is 1. The van der Waals surface area contributed by atoms with Gasteiger partial charge in [-0.05, 0) is 31.9 Å². The van der Waals surface area contributed by atoms with Gasteiger partial charge in [-0.15, -0.1) is 0 Å². The molecule has 1 atom stereocenters. The van der Waals surface area contributed by atoms with E-state index in [9.17, 15) is 13.2 Å². The maximum atomic E-state index is 13.3. The van der Waals surface area contributed by atoms with Crippen molar-refractivity contribution in [2.45, 2.75) is 31.9 Å². The van der Waals surface area contributed by atoms with Crippen LogP contribution in [0.4, 0.5) is 13.2 Å². The average molecular weight is 303 g/mol. The van der Waals surface area contributed by atoms with E-state index >= 15 is 0 Å². The second-order valence-corrected chi connectivity index (χ2v) is 5.10. The molecule has 1 heterocycles. The largest absolute Gasteiger partial charge is 0.379 e. The van der Waals surface area contributed by atoms with E-state index in [-0.39, 0.29) is 18.2 Å². The second-order valence-electron chi connectivity index (χ2n) is 5.10. The van der Waals surface area contributed by atoms with Crippen molar-refractivity contribution < 1.29 is 22.6 Å². The highest BCUT2D eigenvalue weighted by atomic mass is 19.2. The van der Waals surface area contributed by atoms with E-state index in [4.69, 9.17) is 9.47 Å². The summed E-state index contributed by atoms with van der Waals surface area (Å²) in [5.74, 6) is -2.94. The smallest absolute Gasteiger partial charge is 0.161 e. The lowest BCUT2D eigenvalue weighted by molar-refractivity contribution is 0.0166. The summed E-state index contributed by atoms with van der Waals surface area (Å²) >= 11 is 0. The van der Waals surface area contributed by atoms with Gasteiger partial charge in [0.25, 0.3) is 0 Å². The summed E-state index contributed by atoms with van der Waals surface area (Å²) in [4.78, 5) is 0. The topological polar surface area (TPSA) is 30.5 Å². The SMILES string of the molecule is Fc1cc(F)c(CNCCCOCC2CCCO2)cc1F. The number of rotatable bonds is 8. The van der Waals surface area contributed by atoms with Gasteiger partial charge in [0.2, 0.25) is 0 Å². The van der Waals surface area contributed by atoms with Crippen LogP contribution in [0.1, 0.15) is 24.8 Å². The van der Waals surface area contributed by atoms with E-state index in [2.05, 4.69) is 5.32 Å². The van der Waals surface area contributed by atoms with E-state index in [1.807, 2.05) is 0 Å². The Morgan fingerprint density at radius 3 is 2.76 bits per heavy atom. The van der Waals surface area contributed by atoms with Gasteiger partial charge in [0, 0.05) is 31.4 Å². The van der Waals surface area contributed by atoms with Gasteiger partial charge in [-0.25, -0.2) is 13.2 Å². The molecule has 3 nitrogen and oxygen atoms in total. The molecule has 1 N–H and O–H groups in total. The number of hydrogen-bond acceptors (Lipinski definition) is 3. The van der Waals surface area contributed by atoms with Gasteiger partial charge in [0.15, 0.2) is 11.6 Å². The Morgan fingerprint density at radius 1 is 1.19 bits per heavy atom. The van der Waals surface area contributed by atoms with Crippen LogP contribution in [0, 0.1) is 17.5 Å². The zero-order valence-electron chi connectivity index (χ0n) is 11.8. The summed E-state index contributed by atoms with van der Waals surface area (Å²) in [6, 6.07) is 1.45. The molecule has 1 aromatic rings. The number of hydrogen-bond donors (Lipinski definition) is 1. The molecule has 0 amide bonds. The van der Waals surface area contributed by atoms with Crippen molar-refractivity contribution >= 4 is 0 Å². The molecule has 118 valence electrons. The van der Waals surface area contributed by atoms with Crippen LogP contribution in [0.15, 0.2) is 12.1 Å². The molecule has 0 aromatic heterocycles. The molecule has 1 aliphatic rings. The zero-order chi connectivity index (χ0) is 15.1. The Morgan fingerprint density at radius 2 is 2.00 bits per heavy atom. The molecule has 0 spiro atoms. The van der Waals surface area contributed by atoms with Gasteiger partial charge in [-0.1, -0.05) is 0 Å². The average Bonchev–Trinajstić information content (AvgIpc) is 2.96. The van der Waals surface area contributed by atoms with Crippen molar-refractivity contribution in [3.05, 3.63) is 35.1 Å². The second kappa shape index (κ2) is 8.36. The van der Waals surface area contributed by atoms with Crippen LogP contribution in [0.25, 0.3) is 0 Å². The fourth-order valence-electron chi connectivity index (χ4n) is 2.21. The predicted molar refractivity (Wildman–Crippen MR) is 72.4 cm³/mol. The molecule has 1 fully saturated rings. The first-order valence-corrected chi connectivity index (χ1v) is 7.20. The Kier molecular flexibility index (Phi) is 6.48. The molecule has 1 aromatic carbocycles. The van der Waals surface area contributed by atoms with Crippen LogP contribution in [0.2, 0.25) is 0 Å². The monoisotopic (exact) mass is 303 g/mol. The maximum absolute atomic E-state index is 13.3. The van der Waals surface area contributed by atoms with Gasteiger partial charge in [0.05, 0.1) is 12.7 Å². The van der Waals surface area contributed by atoms with Crippen molar-refractivity contribution in [1.82, 2.24) is 5.32 Å². The lowest BCUT2D eigenvalue weighted by Crippen LogP contribution is -2.19. The van der Waals surface area contributed by atoms with Crippen LogP contribution in [-0.4, -0.2) is 32.5 Å². The summed E-state index contributed by atoms with van der Waals surface area (Å²) in [6.45, 7) is 2.79.